The van der Waals surface area contributed by atoms with Crippen LogP contribution in [0.3, 0.4) is 0 Å². The third kappa shape index (κ3) is 4.35. The summed E-state index contributed by atoms with van der Waals surface area (Å²) in [6, 6.07) is 0.641. The number of nitriles is 1. The van der Waals surface area contributed by atoms with Gasteiger partial charge in [-0.05, 0) is 31.7 Å². The summed E-state index contributed by atoms with van der Waals surface area (Å²) in [4.78, 5) is 28.9. The topological polar surface area (TPSA) is 94.3 Å². The molecular formula is C17H18F3N3O3S. The van der Waals surface area contributed by atoms with Crippen molar-refractivity contribution in [2.45, 2.75) is 50.4 Å². The van der Waals surface area contributed by atoms with Crippen molar-refractivity contribution in [3.63, 3.8) is 0 Å². The molecule has 1 aromatic heterocycles. The molecule has 0 aromatic carbocycles. The molecule has 0 aliphatic carbocycles. The Labute approximate surface area is 158 Å². The normalized spacial score (nSPS) is 17.0. The highest BCUT2D eigenvalue weighted by Gasteiger charge is 2.39. The number of likely N-dealkylation sites (tertiary alicyclic amines) is 1. The maximum Gasteiger partial charge on any atom is 0.418 e. The molecule has 0 spiro atoms. The zero-order chi connectivity index (χ0) is 20.4. The fraction of sp³-hybridized carbons (Fsp3) is 0.529. The SMILES string of the molecule is CCc1nc(SCC(=O)N2CCCC2C(=O)O)c(C#N)c(C(F)(F)F)c1C. The van der Waals surface area contributed by atoms with Crippen LogP contribution in [0.15, 0.2) is 5.03 Å². The van der Waals surface area contributed by atoms with E-state index in [9.17, 15) is 28.0 Å². The average molecular weight is 401 g/mol. The molecule has 2 heterocycles. The van der Waals surface area contributed by atoms with Crippen molar-refractivity contribution in [2.75, 3.05) is 12.3 Å². The van der Waals surface area contributed by atoms with Gasteiger partial charge in [-0.25, -0.2) is 9.78 Å². The van der Waals surface area contributed by atoms with E-state index in [-0.39, 0.29) is 35.0 Å². The number of aromatic nitrogens is 1. The highest BCUT2D eigenvalue weighted by atomic mass is 32.2. The first-order valence-electron chi connectivity index (χ1n) is 8.27. The highest BCUT2D eigenvalue weighted by Crippen LogP contribution is 2.39. The van der Waals surface area contributed by atoms with E-state index in [1.54, 1.807) is 13.0 Å². The number of pyridine rings is 1. The monoisotopic (exact) mass is 401 g/mol. The van der Waals surface area contributed by atoms with E-state index in [4.69, 9.17) is 5.11 Å². The number of carbonyl (C=O) groups is 2. The lowest BCUT2D eigenvalue weighted by Gasteiger charge is -2.21. The van der Waals surface area contributed by atoms with Gasteiger partial charge in [0.1, 0.15) is 17.1 Å². The van der Waals surface area contributed by atoms with Gasteiger partial charge in [0.25, 0.3) is 0 Å². The van der Waals surface area contributed by atoms with Gasteiger partial charge >= 0.3 is 12.1 Å². The van der Waals surface area contributed by atoms with Gasteiger partial charge in [-0.1, -0.05) is 18.7 Å². The molecule has 1 atom stereocenters. The molecule has 0 radical (unpaired) electrons. The van der Waals surface area contributed by atoms with Gasteiger partial charge in [-0.2, -0.15) is 18.4 Å². The third-order valence-electron chi connectivity index (χ3n) is 4.43. The maximum atomic E-state index is 13.4. The fourth-order valence-corrected chi connectivity index (χ4v) is 4.04. The van der Waals surface area contributed by atoms with Crippen LogP contribution in [-0.2, 0) is 22.2 Å². The molecule has 2 rings (SSSR count). The number of nitrogens with zero attached hydrogens (tertiary/aromatic N) is 3. The Hall–Kier alpha value is -2.28. The molecule has 146 valence electrons. The van der Waals surface area contributed by atoms with Crippen LogP contribution in [0, 0.1) is 18.3 Å². The van der Waals surface area contributed by atoms with Crippen LogP contribution in [0.2, 0.25) is 0 Å². The van der Waals surface area contributed by atoms with Gasteiger partial charge in [0.15, 0.2) is 0 Å². The number of carbonyl (C=O) groups excluding carboxylic acids is 1. The Morgan fingerprint density at radius 1 is 1.44 bits per heavy atom. The first kappa shape index (κ1) is 21.0. The lowest BCUT2D eigenvalue weighted by atomic mass is 10.0. The number of hydrogen-bond donors (Lipinski definition) is 1. The van der Waals surface area contributed by atoms with Crippen molar-refractivity contribution in [2.24, 2.45) is 0 Å². The van der Waals surface area contributed by atoms with Crippen LogP contribution in [-0.4, -0.2) is 45.2 Å². The summed E-state index contributed by atoms with van der Waals surface area (Å²) < 4.78 is 40.3. The second kappa shape index (κ2) is 8.17. The Bertz CT molecular complexity index is 805. The molecule has 0 saturated carbocycles. The van der Waals surface area contributed by atoms with E-state index in [0.717, 1.165) is 11.8 Å². The van der Waals surface area contributed by atoms with Crippen molar-refractivity contribution in [1.82, 2.24) is 9.88 Å². The van der Waals surface area contributed by atoms with Crippen LogP contribution >= 0.6 is 11.8 Å². The Kier molecular flexibility index (Phi) is 6.36. The molecule has 1 saturated heterocycles. The molecule has 1 fully saturated rings. The molecule has 10 heteroatoms. The molecular weight excluding hydrogens is 383 g/mol. The summed E-state index contributed by atoms with van der Waals surface area (Å²) in [5.74, 6) is -1.89. The predicted octanol–water partition coefficient (Wildman–Crippen LogP) is 3.01. The zero-order valence-electron chi connectivity index (χ0n) is 14.8. The summed E-state index contributed by atoms with van der Waals surface area (Å²) in [5.41, 5.74) is -1.52. The van der Waals surface area contributed by atoms with Crippen molar-refractivity contribution < 1.29 is 27.9 Å². The lowest BCUT2D eigenvalue weighted by molar-refractivity contribution is -0.147. The number of amides is 1. The molecule has 1 aliphatic heterocycles. The number of aryl methyl sites for hydroxylation is 1. The van der Waals surface area contributed by atoms with Gasteiger partial charge in [0, 0.05) is 12.2 Å². The minimum absolute atomic E-state index is 0.0947. The van der Waals surface area contributed by atoms with Gasteiger partial charge in [-0.3, -0.25) is 4.79 Å². The number of thioether (sulfide) groups is 1. The molecule has 6 nitrogen and oxygen atoms in total. The highest BCUT2D eigenvalue weighted by molar-refractivity contribution is 8.00. The Morgan fingerprint density at radius 2 is 2.11 bits per heavy atom. The smallest absolute Gasteiger partial charge is 0.418 e. The number of carboxylic acids is 1. The van der Waals surface area contributed by atoms with E-state index in [1.807, 2.05) is 0 Å². The molecule has 1 N–H and O–H groups in total. The van der Waals surface area contributed by atoms with Gasteiger partial charge in [0.2, 0.25) is 5.91 Å². The van der Waals surface area contributed by atoms with Crippen LogP contribution in [0.4, 0.5) is 13.2 Å². The van der Waals surface area contributed by atoms with Crippen molar-refractivity contribution in [3.05, 3.63) is 22.4 Å². The molecule has 27 heavy (non-hydrogen) atoms. The van der Waals surface area contributed by atoms with E-state index in [1.165, 1.54) is 11.8 Å². The van der Waals surface area contributed by atoms with E-state index in [2.05, 4.69) is 4.98 Å². The molecule has 1 unspecified atom stereocenters. The molecule has 1 aliphatic rings. The average Bonchev–Trinajstić information content (AvgIpc) is 3.08. The van der Waals surface area contributed by atoms with E-state index in [0.29, 0.717) is 12.8 Å². The van der Waals surface area contributed by atoms with E-state index >= 15 is 0 Å². The van der Waals surface area contributed by atoms with Gasteiger partial charge in [0.05, 0.1) is 16.9 Å². The minimum atomic E-state index is -4.72. The molecule has 1 amide bonds. The summed E-state index contributed by atoms with van der Waals surface area (Å²) >= 11 is 0.731. The molecule has 1 aromatic rings. The number of hydrogen-bond acceptors (Lipinski definition) is 5. The Morgan fingerprint density at radius 3 is 2.63 bits per heavy atom. The van der Waals surface area contributed by atoms with Crippen LogP contribution in [0.25, 0.3) is 0 Å². The van der Waals surface area contributed by atoms with Crippen LogP contribution in [0.5, 0.6) is 0 Å². The number of alkyl halides is 3. The standard InChI is InChI=1S/C17H18F3N3O3S/c1-3-11-9(2)14(17(18,19)20)10(7-21)15(22-11)27-8-13(24)23-6-4-5-12(23)16(25)26/h12H,3-6,8H2,1-2H3,(H,25,26). The van der Waals surface area contributed by atoms with Crippen molar-refractivity contribution >= 4 is 23.6 Å². The minimum Gasteiger partial charge on any atom is -0.480 e. The van der Waals surface area contributed by atoms with E-state index < -0.39 is 35.2 Å². The fourth-order valence-electron chi connectivity index (χ4n) is 3.14. The first-order valence-corrected chi connectivity index (χ1v) is 9.26. The maximum absolute atomic E-state index is 13.4. The number of halogens is 3. The number of rotatable bonds is 5. The first-order chi connectivity index (χ1) is 12.6. The molecule has 0 bridgehead atoms. The Balaban J connectivity index is 2.32. The van der Waals surface area contributed by atoms with Crippen molar-refractivity contribution in [3.8, 4) is 6.07 Å². The predicted molar refractivity (Wildman–Crippen MR) is 91.2 cm³/mol. The van der Waals surface area contributed by atoms with Gasteiger partial charge in [-0.15, -0.1) is 0 Å². The van der Waals surface area contributed by atoms with Crippen LogP contribution < -0.4 is 0 Å². The quantitative estimate of drug-likeness (QED) is 0.763. The second-order valence-corrected chi connectivity index (χ2v) is 7.04. The third-order valence-corrected chi connectivity index (χ3v) is 5.39. The lowest BCUT2D eigenvalue weighted by Crippen LogP contribution is -2.41. The number of carboxylic acid groups (broad SMARTS) is 1. The summed E-state index contributed by atoms with van der Waals surface area (Å²) in [7, 11) is 0. The summed E-state index contributed by atoms with van der Waals surface area (Å²) in [6.07, 6.45) is -3.58. The number of aliphatic carboxylic acids is 1. The second-order valence-electron chi connectivity index (χ2n) is 6.07. The summed E-state index contributed by atoms with van der Waals surface area (Å²) in [5, 5.41) is 18.2. The summed E-state index contributed by atoms with van der Waals surface area (Å²) in [6.45, 7) is 3.22. The van der Waals surface area contributed by atoms with Crippen molar-refractivity contribution in [1.29, 1.82) is 5.26 Å². The largest absolute Gasteiger partial charge is 0.480 e. The van der Waals surface area contributed by atoms with Crippen LogP contribution in [0.1, 0.15) is 42.1 Å². The zero-order valence-corrected chi connectivity index (χ0v) is 15.6. The van der Waals surface area contributed by atoms with Gasteiger partial charge < -0.3 is 10.0 Å².